The van der Waals surface area contributed by atoms with Gasteiger partial charge in [-0.15, -0.1) is 0 Å². The summed E-state index contributed by atoms with van der Waals surface area (Å²) in [4.78, 5) is 0. The smallest absolute Gasteiger partial charge is 0.210 e. The molecule has 10 heavy (non-hydrogen) atoms. The third-order valence-electron chi connectivity index (χ3n) is 1.21. The third-order valence-corrected chi connectivity index (χ3v) is 1.21. The Morgan fingerprint density at radius 1 is 1.50 bits per heavy atom. The maximum Gasteiger partial charge on any atom is 0.210 e. The maximum atomic E-state index is 12.3. The zero-order valence-corrected chi connectivity index (χ0v) is 6.53. The van der Waals surface area contributed by atoms with Crippen molar-refractivity contribution in [2.75, 3.05) is 0 Å². The molecule has 3 heteroatoms. The molecule has 0 radical (unpaired) electrons. The Morgan fingerprint density at radius 2 is 1.90 bits per heavy atom. The van der Waals surface area contributed by atoms with Crippen LogP contribution in [0.4, 0.5) is 4.39 Å². The van der Waals surface area contributed by atoms with E-state index in [9.17, 15) is 4.39 Å². The Morgan fingerprint density at radius 3 is 1.90 bits per heavy atom. The highest BCUT2D eigenvalue weighted by Gasteiger charge is 2.20. The molecule has 0 unspecified atom stereocenters. The van der Waals surface area contributed by atoms with E-state index in [0.29, 0.717) is 0 Å². The van der Waals surface area contributed by atoms with Crippen LogP contribution in [-0.2, 0) is 0 Å². The highest BCUT2D eigenvalue weighted by Crippen LogP contribution is 2.25. The summed E-state index contributed by atoms with van der Waals surface area (Å²) in [7, 11) is 0. The van der Waals surface area contributed by atoms with E-state index in [1.807, 2.05) is 0 Å². The summed E-state index contributed by atoms with van der Waals surface area (Å²) in [5.74, 6) is -0.949. The number of halogens is 1. The lowest BCUT2D eigenvalue weighted by Crippen LogP contribution is -2.15. The molecule has 0 spiro atoms. The standard InChI is InChI=1S/C7H13FN2/c1-7(2,3)5(4-9)6(8)10/h4,10H,9H2,1-3H3. The molecule has 0 fully saturated rings. The van der Waals surface area contributed by atoms with E-state index >= 15 is 0 Å². The van der Waals surface area contributed by atoms with Gasteiger partial charge < -0.3 is 5.73 Å². The molecular formula is C7H13FN2. The van der Waals surface area contributed by atoms with Gasteiger partial charge >= 0.3 is 0 Å². The molecule has 2 nitrogen and oxygen atoms in total. The van der Waals surface area contributed by atoms with Crippen LogP contribution in [0.25, 0.3) is 0 Å². The van der Waals surface area contributed by atoms with Crippen molar-refractivity contribution in [3.63, 3.8) is 0 Å². The van der Waals surface area contributed by atoms with Crippen LogP contribution in [0.5, 0.6) is 0 Å². The summed E-state index contributed by atoms with van der Waals surface area (Å²) in [6.07, 6.45) is 1.14. The second kappa shape index (κ2) is 2.82. The topological polar surface area (TPSA) is 49.9 Å². The van der Waals surface area contributed by atoms with E-state index in [-0.39, 0.29) is 11.0 Å². The molecule has 0 aromatic rings. The third kappa shape index (κ3) is 2.17. The Labute approximate surface area is 60.4 Å². The summed E-state index contributed by atoms with van der Waals surface area (Å²) < 4.78 is 12.3. The first-order valence-electron chi connectivity index (χ1n) is 3.06. The first kappa shape index (κ1) is 9.14. The number of nitrogens with two attached hydrogens (primary N) is 1. The SMILES string of the molecule is CC(C)(C)C(=CN)C(=N)F. The van der Waals surface area contributed by atoms with Gasteiger partial charge in [0.1, 0.15) is 0 Å². The van der Waals surface area contributed by atoms with E-state index in [2.05, 4.69) is 0 Å². The first-order chi connectivity index (χ1) is 4.39. The molecule has 0 aliphatic carbocycles. The number of rotatable bonds is 1. The molecular weight excluding hydrogens is 131 g/mol. The minimum atomic E-state index is -0.949. The Bertz CT molecular complexity index is 165. The van der Waals surface area contributed by atoms with Crippen molar-refractivity contribution in [3.05, 3.63) is 11.8 Å². The Hall–Kier alpha value is -0.860. The zero-order valence-electron chi connectivity index (χ0n) is 6.53. The predicted molar refractivity (Wildman–Crippen MR) is 40.6 cm³/mol. The minimum absolute atomic E-state index is 0.243. The van der Waals surface area contributed by atoms with Gasteiger partial charge in [-0.2, -0.15) is 4.39 Å². The fourth-order valence-electron chi connectivity index (χ4n) is 0.652. The number of hydrogen-bond acceptors (Lipinski definition) is 2. The molecule has 3 N–H and O–H groups in total. The van der Waals surface area contributed by atoms with E-state index in [1.54, 1.807) is 20.8 Å². The maximum absolute atomic E-state index is 12.3. The number of allylic oxidation sites excluding steroid dienone is 1. The van der Waals surface area contributed by atoms with Crippen LogP contribution in [0, 0.1) is 10.8 Å². The average Bonchev–Trinajstić information content (AvgIpc) is 1.60. The van der Waals surface area contributed by atoms with Crippen LogP contribution in [0.3, 0.4) is 0 Å². The lowest BCUT2D eigenvalue weighted by atomic mass is 9.87. The number of hydrogen-bond donors (Lipinski definition) is 2. The van der Waals surface area contributed by atoms with Gasteiger partial charge in [0.05, 0.1) is 0 Å². The van der Waals surface area contributed by atoms with Crippen molar-refractivity contribution in [2.24, 2.45) is 11.1 Å². The molecule has 0 aromatic heterocycles. The molecule has 0 rings (SSSR count). The van der Waals surface area contributed by atoms with Gasteiger partial charge in [-0.05, 0) is 5.41 Å². The Balaban J connectivity index is 4.56. The summed E-state index contributed by atoms with van der Waals surface area (Å²) in [6.45, 7) is 5.42. The van der Waals surface area contributed by atoms with Gasteiger partial charge in [0.25, 0.3) is 0 Å². The van der Waals surface area contributed by atoms with Crippen molar-refractivity contribution < 1.29 is 4.39 Å². The number of nitrogens with one attached hydrogen (secondary N) is 1. The quantitative estimate of drug-likeness (QED) is 0.542. The van der Waals surface area contributed by atoms with Gasteiger partial charge in [0.2, 0.25) is 5.97 Å². The first-order valence-corrected chi connectivity index (χ1v) is 3.06. The largest absolute Gasteiger partial charge is 0.404 e. The summed E-state index contributed by atoms with van der Waals surface area (Å²) >= 11 is 0. The average molecular weight is 144 g/mol. The van der Waals surface area contributed by atoms with Gasteiger partial charge in [0.15, 0.2) is 0 Å². The summed E-state index contributed by atoms with van der Waals surface area (Å²) in [5, 5.41) is 6.69. The second-order valence-electron chi connectivity index (χ2n) is 3.14. The van der Waals surface area contributed by atoms with Gasteiger partial charge in [-0.25, -0.2) is 0 Å². The van der Waals surface area contributed by atoms with Crippen molar-refractivity contribution in [1.82, 2.24) is 0 Å². The molecule has 0 bridgehead atoms. The van der Waals surface area contributed by atoms with Crippen LogP contribution in [-0.4, -0.2) is 5.97 Å². The highest BCUT2D eigenvalue weighted by atomic mass is 19.1. The molecule has 0 saturated heterocycles. The molecule has 0 aliphatic rings. The highest BCUT2D eigenvalue weighted by molar-refractivity contribution is 5.90. The van der Waals surface area contributed by atoms with Gasteiger partial charge in [-0.3, -0.25) is 5.41 Å². The van der Waals surface area contributed by atoms with Crippen LogP contribution in [0.15, 0.2) is 11.8 Å². The van der Waals surface area contributed by atoms with E-state index in [4.69, 9.17) is 11.1 Å². The minimum Gasteiger partial charge on any atom is -0.404 e. The zero-order chi connectivity index (χ0) is 8.36. The molecule has 58 valence electrons. The Kier molecular flexibility index (Phi) is 2.57. The fraction of sp³-hybridized carbons (Fsp3) is 0.571. The molecule has 0 heterocycles. The fourth-order valence-corrected chi connectivity index (χ4v) is 0.652. The summed E-state index contributed by atoms with van der Waals surface area (Å²) in [5.41, 5.74) is 4.99. The van der Waals surface area contributed by atoms with Crippen molar-refractivity contribution in [2.45, 2.75) is 20.8 Å². The van der Waals surface area contributed by atoms with E-state index < -0.39 is 5.97 Å². The summed E-state index contributed by atoms with van der Waals surface area (Å²) in [6, 6.07) is 0. The second-order valence-corrected chi connectivity index (χ2v) is 3.14. The molecule has 0 aromatic carbocycles. The molecule has 0 amide bonds. The molecule has 0 aliphatic heterocycles. The lowest BCUT2D eigenvalue weighted by Gasteiger charge is -2.19. The van der Waals surface area contributed by atoms with Gasteiger partial charge in [-0.1, -0.05) is 20.8 Å². The van der Waals surface area contributed by atoms with Gasteiger partial charge in [0, 0.05) is 11.8 Å². The predicted octanol–water partition coefficient (Wildman–Crippen LogP) is 1.82. The monoisotopic (exact) mass is 144 g/mol. The normalized spacial score (nSPS) is 13.4. The van der Waals surface area contributed by atoms with Crippen molar-refractivity contribution in [1.29, 1.82) is 5.41 Å². The van der Waals surface area contributed by atoms with E-state index in [0.717, 1.165) is 6.20 Å². The van der Waals surface area contributed by atoms with Crippen LogP contribution in [0.1, 0.15) is 20.8 Å². The van der Waals surface area contributed by atoms with Crippen LogP contribution >= 0.6 is 0 Å². The van der Waals surface area contributed by atoms with E-state index in [1.165, 1.54) is 0 Å². The van der Waals surface area contributed by atoms with Crippen LogP contribution < -0.4 is 5.73 Å². The van der Waals surface area contributed by atoms with Crippen LogP contribution in [0.2, 0.25) is 0 Å². The molecule has 0 atom stereocenters. The molecule has 0 saturated carbocycles. The van der Waals surface area contributed by atoms with Crippen molar-refractivity contribution >= 4 is 5.97 Å². The lowest BCUT2D eigenvalue weighted by molar-refractivity contribution is 0.511. The van der Waals surface area contributed by atoms with Crippen molar-refractivity contribution in [3.8, 4) is 0 Å².